The zero-order chi connectivity index (χ0) is 18.9. The maximum Gasteiger partial charge on any atom is 0.133 e. The molecule has 0 aliphatic carbocycles. The third-order valence-corrected chi connectivity index (χ3v) is 3.25. The minimum absolute atomic E-state index is 0.399. The van der Waals surface area contributed by atoms with Crippen LogP contribution in [0.2, 0.25) is 5.15 Å². The minimum Gasteiger partial charge on any atom is -0.306 e. The number of carbonyl (C=O) groups is 1. The molecule has 0 amide bonds. The first-order valence-corrected chi connectivity index (χ1v) is 8.87. The maximum atomic E-state index is 8.81. The molecule has 1 aliphatic heterocycles. The van der Waals surface area contributed by atoms with Crippen LogP contribution in [0.15, 0.2) is 31.0 Å². The van der Waals surface area contributed by atoms with Gasteiger partial charge in [-0.05, 0) is 39.9 Å². The van der Waals surface area contributed by atoms with Crippen molar-refractivity contribution in [2.75, 3.05) is 20.1 Å². The summed E-state index contributed by atoms with van der Waals surface area (Å²) in [7, 11) is 2.19. The van der Waals surface area contributed by atoms with Gasteiger partial charge in [0.05, 0.1) is 11.9 Å². The Hall–Kier alpha value is -1.92. The van der Waals surface area contributed by atoms with Crippen molar-refractivity contribution in [3.63, 3.8) is 0 Å². The molecule has 3 heterocycles. The lowest BCUT2D eigenvalue weighted by Gasteiger charge is -2.20. The number of aromatic nitrogens is 4. The first-order valence-electron chi connectivity index (χ1n) is 8.49. The van der Waals surface area contributed by atoms with Crippen molar-refractivity contribution in [2.45, 2.75) is 40.0 Å². The molecule has 2 aromatic heterocycles. The molecule has 25 heavy (non-hydrogen) atoms. The van der Waals surface area contributed by atoms with Crippen molar-refractivity contribution in [2.24, 2.45) is 0 Å². The number of hydrogen-bond acceptors (Lipinski definition) is 6. The average Bonchev–Trinajstić information content (AvgIpc) is 2.66. The van der Waals surface area contributed by atoms with E-state index in [0.717, 1.165) is 6.29 Å². The molecule has 0 aromatic carbocycles. The molecule has 2 aromatic rings. The molecular weight excluding hydrogens is 338 g/mol. The number of piperidine rings is 1. The van der Waals surface area contributed by atoms with Gasteiger partial charge in [-0.25, -0.2) is 9.97 Å². The highest BCUT2D eigenvalue weighted by Crippen LogP contribution is 2.14. The van der Waals surface area contributed by atoms with Crippen molar-refractivity contribution in [3.8, 4) is 11.4 Å². The Bertz CT molecular complexity index is 562. The van der Waals surface area contributed by atoms with Gasteiger partial charge in [0.15, 0.2) is 0 Å². The lowest BCUT2D eigenvalue weighted by molar-refractivity contribution is -0.106. The van der Waals surface area contributed by atoms with Crippen molar-refractivity contribution < 1.29 is 4.79 Å². The zero-order valence-electron chi connectivity index (χ0n) is 15.5. The second kappa shape index (κ2) is 15.6. The largest absolute Gasteiger partial charge is 0.306 e. The highest BCUT2D eigenvalue weighted by atomic mass is 35.5. The fraction of sp³-hybridized carbons (Fsp3) is 0.500. The highest BCUT2D eigenvalue weighted by Gasteiger charge is 2.02. The smallest absolute Gasteiger partial charge is 0.133 e. The average molecular weight is 366 g/mol. The van der Waals surface area contributed by atoms with Gasteiger partial charge in [0.1, 0.15) is 23.5 Å². The van der Waals surface area contributed by atoms with E-state index in [4.69, 9.17) is 16.4 Å². The van der Waals surface area contributed by atoms with E-state index in [0.29, 0.717) is 16.5 Å². The Morgan fingerprint density at radius 3 is 2.12 bits per heavy atom. The molecule has 1 saturated heterocycles. The number of hydrogen-bond donors (Lipinski definition) is 0. The Morgan fingerprint density at radius 2 is 1.68 bits per heavy atom. The van der Waals surface area contributed by atoms with Crippen molar-refractivity contribution in [3.05, 3.63) is 36.1 Å². The third kappa shape index (κ3) is 11.3. The van der Waals surface area contributed by atoms with Gasteiger partial charge in [0.25, 0.3) is 0 Å². The lowest BCUT2D eigenvalue weighted by atomic mass is 10.1. The van der Waals surface area contributed by atoms with Crippen LogP contribution in [0.5, 0.6) is 0 Å². The molecule has 3 rings (SSSR count). The zero-order valence-corrected chi connectivity index (χ0v) is 16.3. The highest BCUT2D eigenvalue weighted by molar-refractivity contribution is 6.29. The fourth-order valence-electron chi connectivity index (χ4n) is 1.96. The van der Waals surface area contributed by atoms with Gasteiger partial charge in [-0.2, -0.15) is 0 Å². The van der Waals surface area contributed by atoms with Gasteiger partial charge in [-0.3, -0.25) is 9.97 Å². The molecule has 0 unspecified atom stereocenters. The van der Waals surface area contributed by atoms with Crippen LogP contribution in [0, 0.1) is 0 Å². The molecule has 1 aliphatic rings. The first-order chi connectivity index (χ1) is 12.2. The Balaban J connectivity index is 0.000000406. The summed E-state index contributed by atoms with van der Waals surface area (Å²) in [6.45, 7) is 8.08. The summed E-state index contributed by atoms with van der Waals surface area (Å²) in [5.41, 5.74) is 1.36. The summed E-state index contributed by atoms with van der Waals surface area (Å²) in [4.78, 5) is 27.0. The van der Waals surface area contributed by atoms with E-state index in [1.807, 2.05) is 13.8 Å². The Kier molecular flexibility index (Phi) is 14.4. The van der Waals surface area contributed by atoms with Gasteiger partial charge < -0.3 is 9.69 Å². The van der Waals surface area contributed by atoms with E-state index >= 15 is 0 Å². The second-order valence-electron chi connectivity index (χ2n) is 4.92. The molecular formula is C18H28ClN5O. The maximum absolute atomic E-state index is 8.81. The van der Waals surface area contributed by atoms with Gasteiger partial charge in [-0.1, -0.05) is 31.9 Å². The number of likely N-dealkylation sites (tertiary alicyclic amines) is 1. The minimum atomic E-state index is 0.399. The lowest BCUT2D eigenvalue weighted by Crippen LogP contribution is -2.24. The van der Waals surface area contributed by atoms with Crippen LogP contribution in [0.4, 0.5) is 0 Å². The molecule has 0 saturated carbocycles. The number of nitrogens with zero attached hydrogens (tertiary/aromatic N) is 5. The second-order valence-corrected chi connectivity index (χ2v) is 5.30. The topological polar surface area (TPSA) is 71.9 Å². The van der Waals surface area contributed by atoms with E-state index in [1.165, 1.54) is 45.6 Å². The van der Waals surface area contributed by atoms with Crippen molar-refractivity contribution >= 4 is 17.9 Å². The molecule has 138 valence electrons. The van der Waals surface area contributed by atoms with Crippen LogP contribution in [0.1, 0.15) is 40.0 Å². The summed E-state index contributed by atoms with van der Waals surface area (Å²) < 4.78 is 0. The molecule has 1 fully saturated rings. The summed E-state index contributed by atoms with van der Waals surface area (Å²) >= 11 is 5.70. The summed E-state index contributed by atoms with van der Waals surface area (Å²) in [6, 6.07) is 1.64. The molecule has 0 N–H and O–H groups in total. The molecule has 7 heteroatoms. The molecule has 0 bridgehead atoms. The quantitative estimate of drug-likeness (QED) is 0.563. The number of halogens is 1. The van der Waals surface area contributed by atoms with E-state index < -0.39 is 0 Å². The van der Waals surface area contributed by atoms with Crippen LogP contribution < -0.4 is 0 Å². The molecule has 6 nitrogen and oxygen atoms in total. The van der Waals surface area contributed by atoms with Crippen molar-refractivity contribution in [1.29, 1.82) is 0 Å². The molecule has 0 radical (unpaired) electrons. The monoisotopic (exact) mass is 365 g/mol. The number of rotatable bonds is 1. The molecule has 0 spiro atoms. The van der Waals surface area contributed by atoms with Crippen LogP contribution in [0.25, 0.3) is 11.4 Å². The predicted octanol–water partition coefficient (Wildman–Crippen LogP) is 3.92. The summed E-state index contributed by atoms with van der Waals surface area (Å²) in [5.74, 6) is 0. The van der Waals surface area contributed by atoms with Gasteiger partial charge in [0, 0.05) is 18.5 Å². The van der Waals surface area contributed by atoms with Gasteiger partial charge in [0.2, 0.25) is 0 Å². The van der Waals surface area contributed by atoms with Crippen LogP contribution >= 0.6 is 11.6 Å². The summed E-state index contributed by atoms with van der Waals surface area (Å²) in [6.07, 6.45) is 11.2. The summed E-state index contributed by atoms with van der Waals surface area (Å²) in [5, 5.41) is 0.399. The van der Waals surface area contributed by atoms with Crippen LogP contribution in [-0.4, -0.2) is 51.3 Å². The SMILES string of the molecule is CC.CC=O.CN1CCCCC1.Clc1cc(-c2cnccn2)ncn1. The van der Waals surface area contributed by atoms with E-state index in [9.17, 15) is 0 Å². The standard InChI is InChI=1S/C8H5ClN4.C6H13N.C2H4O.C2H6/c9-8-3-6(12-5-13-8)7-4-10-1-2-11-7;1-7-5-3-2-4-6-7;1-2-3;1-2/h1-5H;2-6H2,1H3;2H,1H3;1-2H3. The van der Waals surface area contributed by atoms with E-state index in [2.05, 4.69) is 31.9 Å². The van der Waals surface area contributed by atoms with E-state index in [1.54, 1.807) is 24.7 Å². The number of aldehydes is 1. The fourth-order valence-corrected chi connectivity index (χ4v) is 2.10. The van der Waals surface area contributed by atoms with Crippen LogP contribution in [0.3, 0.4) is 0 Å². The van der Waals surface area contributed by atoms with Gasteiger partial charge >= 0.3 is 0 Å². The number of carbonyl (C=O) groups excluding carboxylic acids is 1. The Labute approximate surface area is 155 Å². The molecule has 0 atom stereocenters. The van der Waals surface area contributed by atoms with Gasteiger partial charge in [-0.15, -0.1) is 0 Å². The normalized spacial score (nSPS) is 13.0. The third-order valence-electron chi connectivity index (χ3n) is 3.04. The van der Waals surface area contributed by atoms with E-state index in [-0.39, 0.29) is 0 Å². The Morgan fingerprint density at radius 1 is 1.04 bits per heavy atom. The van der Waals surface area contributed by atoms with Crippen LogP contribution in [-0.2, 0) is 4.79 Å². The van der Waals surface area contributed by atoms with Crippen molar-refractivity contribution in [1.82, 2.24) is 24.8 Å². The first kappa shape index (κ1) is 23.1. The predicted molar refractivity (Wildman–Crippen MR) is 103 cm³/mol.